The first-order valence-corrected chi connectivity index (χ1v) is 33.6. The van der Waals surface area contributed by atoms with E-state index < -0.39 is 17.4 Å². The Balaban J connectivity index is 0.00000266. The minimum Gasteiger partial charge on any atom is -0.147 e. The Morgan fingerprint density at radius 1 is 0.411 bits per heavy atom. The Hall–Kier alpha value is -3.52. The first-order valence-electron chi connectivity index (χ1n) is 20.0. The van der Waals surface area contributed by atoms with Crippen molar-refractivity contribution in [3.05, 3.63) is 177 Å². The first kappa shape index (κ1) is 42.1. The molecule has 0 saturated carbocycles. The Bertz CT molecular complexity index is 2380. The van der Waals surface area contributed by atoms with Gasteiger partial charge in [-0.25, -0.2) is 0 Å². The quantitative estimate of drug-likeness (QED) is 0.134. The molecule has 6 aromatic carbocycles. The molecule has 0 bridgehead atoms. The summed E-state index contributed by atoms with van der Waals surface area (Å²) in [6, 6.07) is 46.7. The summed E-state index contributed by atoms with van der Waals surface area (Å²) < 4.78 is 6.46. The number of hydrogen-bond acceptors (Lipinski definition) is 0. The van der Waals surface area contributed by atoms with Crippen LogP contribution in [0.4, 0.5) is 0 Å². The third-order valence-electron chi connectivity index (χ3n) is 12.7. The number of hydrogen-bond donors (Lipinski definition) is 0. The zero-order valence-electron chi connectivity index (χ0n) is 34.3. The van der Waals surface area contributed by atoms with E-state index in [2.05, 4.69) is 191 Å². The van der Waals surface area contributed by atoms with Gasteiger partial charge in [0.1, 0.15) is 0 Å². The van der Waals surface area contributed by atoms with Crippen molar-refractivity contribution in [2.24, 2.45) is 0 Å². The van der Waals surface area contributed by atoms with Gasteiger partial charge in [-0.1, -0.05) is 0 Å². The van der Waals surface area contributed by atoms with E-state index in [4.69, 9.17) is 0 Å². The van der Waals surface area contributed by atoms with E-state index in [1.165, 1.54) is 77.9 Å². The average molecular weight is 871 g/mol. The molecule has 0 N–H and O–H groups in total. The Kier molecular flexibility index (Phi) is 12.0. The third-order valence-corrected chi connectivity index (χ3v) is 30.1. The SMILES string of the molecule is CCC1=Cc2c(-c3ccc(C)cc3)ccc(-c3ccc(C)cc3)c2[CH]1[Zr]([CH3])([CH3])(=[SiH2])[CH]1C(CC)=Cc2c(-c3ccc(C)cc3)ccc(-c3ccc(C)cc3)c21.Cl.Cl. The van der Waals surface area contributed by atoms with Crippen LogP contribution in [0.5, 0.6) is 0 Å². The molecule has 0 spiro atoms. The van der Waals surface area contributed by atoms with Gasteiger partial charge in [0.2, 0.25) is 0 Å². The zero-order valence-corrected chi connectivity index (χ0v) is 39.8. The summed E-state index contributed by atoms with van der Waals surface area (Å²) in [5.74, 6) is 0. The van der Waals surface area contributed by atoms with E-state index in [-0.39, 0.29) is 24.8 Å². The van der Waals surface area contributed by atoms with Crippen LogP contribution in [0.3, 0.4) is 0 Å². The molecule has 0 aromatic heterocycles. The number of benzene rings is 6. The van der Waals surface area contributed by atoms with E-state index in [0.29, 0.717) is 7.25 Å². The van der Waals surface area contributed by atoms with Crippen LogP contribution in [-0.2, 0) is 17.4 Å². The normalized spacial score (nSPS) is 15.9. The second kappa shape index (κ2) is 16.0. The molecule has 0 aliphatic heterocycles. The average Bonchev–Trinajstić information content (AvgIpc) is 3.77. The standard InChI is InChI=1S/2C25H23.2CH3.2ClH.H2Si.Zr/c2*1-4-19-15-24-22(20-9-5-17(2)6-10-20)13-14-23(25(24)16-19)21-11-7-18(3)8-12-21;;;;;;/h2*5-16H,4H2,1-3H3;2*1H3;2*1H;1H2;. The van der Waals surface area contributed by atoms with E-state index >= 15 is 0 Å². The minimum atomic E-state index is -4.05. The van der Waals surface area contributed by atoms with Crippen molar-refractivity contribution in [2.45, 2.75) is 70.9 Å². The van der Waals surface area contributed by atoms with Crippen LogP contribution in [0.15, 0.2) is 132 Å². The van der Waals surface area contributed by atoms with Gasteiger partial charge in [-0.3, -0.25) is 0 Å². The van der Waals surface area contributed by atoms with Gasteiger partial charge < -0.3 is 0 Å². The fourth-order valence-electron chi connectivity index (χ4n) is 10.00. The molecule has 0 saturated heterocycles. The summed E-state index contributed by atoms with van der Waals surface area (Å²) in [5.41, 5.74) is 25.3. The van der Waals surface area contributed by atoms with Crippen molar-refractivity contribution in [1.29, 1.82) is 0 Å². The number of fused-ring (bicyclic) bond motifs is 2. The molecule has 6 aromatic rings. The number of allylic oxidation sites excluding steroid dienone is 2. The molecule has 4 heteroatoms. The second-order valence-corrected chi connectivity index (χ2v) is 47.9. The largest absolute Gasteiger partial charge is 0.147 e. The van der Waals surface area contributed by atoms with Gasteiger partial charge in [-0.05, 0) is 0 Å². The van der Waals surface area contributed by atoms with Crippen molar-refractivity contribution < 1.29 is 17.4 Å². The van der Waals surface area contributed by atoms with E-state index in [1.807, 2.05) is 0 Å². The summed E-state index contributed by atoms with van der Waals surface area (Å²) in [6.45, 7) is 16.1. The zero-order chi connectivity index (χ0) is 38.0. The molecule has 8 rings (SSSR count). The van der Waals surface area contributed by atoms with Gasteiger partial charge in [0, 0.05) is 0 Å². The Morgan fingerprint density at radius 3 is 0.929 bits per heavy atom. The summed E-state index contributed by atoms with van der Waals surface area (Å²) in [5, 5.41) is 0. The molecule has 2 atom stereocenters. The van der Waals surface area contributed by atoms with Gasteiger partial charge in [-0.15, -0.1) is 24.8 Å². The predicted octanol–water partition coefficient (Wildman–Crippen LogP) is 15.2. The number of halogens is 2. The van der Waals surface area contributed by atoms with Crippen molar-refractivity contribution in [3.63, 3.8) is 0 Å². The van der Waals surface area contributed by atoms with Crippen molar-refractivity contribution in [3.8, 4) is 44.5 Å². The number of aryl methyl sites for hydroxylation is 4. The van der Waals surface area contributed by atoms with Crippen LogP contribution >= 0.6 is 24.8 Å². The fraction of sp³-hybridized carbons (Fsp3) is 0.231. The number of rotatable bonds is 8. The first-order chi connectivity index (χ1) is 25.9. The molecule has 0 radical (unpaired) electrons. The third kappa shape index (κ3) is 7.26. The monoisotopic (exact) mass is 868 g/mol. The Morgan fingerprint density at radius 2 is 0.661 bits per heavy atom. The summed E-state index contributed by atoms with van der Waals surface area (Å²) >= 11 is -4.05. The van der Waals surface area contributed by atoms with Crippen molar-refractivity contribution in [1.82, 2.24) is 0 Å². The molecular weight excluding hydrogens is 815 g/mol. The van der Waals surface area contributed by atoms with E-state index in [9.17, 15) is 0 Å². The summed E-state index contributed by atoms with van der Waals surface area (Å²) in [6.07, 6.45) is 7.39. The van der Waals surface area contributed by atoms with Crippen LogP contribution in [-0.4, -0.2) is 6.88 Å². The molecule has 56 heavy (non-hydrogen) atoms. The molecule has 286 valence electrons. The van der Waals surface area contributed by atoms with Crippen molar-refractivity contribution in [2.75, 3.05) is 0 Å². The molecular formula is C52H56Cl2SiZr. The van der Waals surface area contributed by atoms with Gasteiger partial charge in [-0.2, -0.15) is 0 Å². The minimum absolute atomic E-state index is 0. The molecule has 2 unspecified atom stereocenters. The Labute approximate surface area is 350 Å². The summed E-state index contributed by atoms with van der Waals surface area (Å²) in [7, 11) is 0. The maximum absolute atomic E-state index is 4.05. The molecule has 0 heterocycles. The molecule has 0 fully saturated rings. The van der Waals surface area contributed by atoms with Gasteiger partial charge in [0.05, 0.1) is 0 Å². The molecule has 0 amide bonds. The van der Waals surface area contributed by atoms with Crippen LogP contribution in [0, 0.1) is 27.7 Å². The van der Waals surface area contributed by atoms with Crippen LogP contribution in [0.1, 0.15) is 78.4 Å². The van der Waals surface area contributed by atoms with Crippen LogP contribution in [0.2, 0.25) is 9.26 Å². The predicted molar refractivity (Wildman–Crippen MR) is 250 cm³/mol. The van der Waals surface area contributed by atoms with E-state index in [1.54, 1.807) is 22.3 Å². The van der Waals surface area contributed by atoms with Gasteiger partial charge >= 0.3 is 329 Å². The topological polar surface area (TPSA) is 0 Å². The maximum atomic E-state index is 2.82. The van der Waals surface area contributed by atoms with Gasteiger partial charge in [0.15, 0.2) is 0 Å². The van der Waals surface area contributed by atoms with Gasteiger partial charge in [0.25, 0.3) is 0 Å². The van der Waals surface area contributed by atoms with Crippen molar-refractivity contribution >= 4 is 43.8 Å². The van der Waals surface area contributed by atoms with Crippen LogP contribution in [0.25, 0.3) is 56.7 Å². The fourth-order valence-corrected chi connectivity index (χ4v) is 29.9. The maximum Gasteiger partial charge on any atom is -0.147 e. The molecule has 2 aliphatic rings. The van der Waals surface area contributed by atoms with E-state index in [0.717, 1.165) is 12.8 Å². The summed E-state index contributed by atoms with van der Waals surface area (Å²) in [4.78, 5) is 0. The smallest absolute Gasteiger partial charge is 0.147 e. The molecule has 0 nitrogen and oxygen atoms in total. The van der Waals surface area contributed by atoms with Crippen LogP contribution < -0.4 is 0 Å². The second-order valence-electron chi connectivity index (χ2n) is 17.4. The molecule has 2 aliphatic carbocycles.